The number of amides is 2. The number of piperazine rings is 1. The van der Waals surface area contributed by atoms with Gasteiger partial charge in [0.1, 0.15) is 5.69 Å². The Labute approximate surface area is 158 Å². The van der Waals surface area contributed by atoms with Gasteiger partial charge in [-0.25, -0.2) is 0 Å². The lowest BCUT2D eigenvalue weighted by atomic mass is 10.1. The van der Waals surface area contributed by atoms with Gasteiger partial charge >= 0.3 is 0 Å². The molecule has 0 spiro atoms. The normalized spacial score (nSPS) is 14.2. The van der Waals surface area contributed by atoms with Crippen LogP contribution < -0.4 is 9.47 Å². The molecular weight excluding hydrogens is 348 g/mol. The number of hydrogen-bond acceptors (Lipinski definition) is 5. The van der Waals surface area contributed by atoms with Gasteiger partial charge in [0.15, 0.2) is 11.5 Å². The van der Waals surface area contributed by atoms with Crippen molar-refractivity contribution in [3.8, 4) is 11.5 Å². The topological polar surface area (TPSA) is 87.8 Å². The number of carbonyl (C=O) groups excluding carboxylic acids is 2. The van der Waals surface area contributed by atoms with Crippen molar-refractivity contribution in [2.45, 2.75) is 13.3 Å². The molecule has 1 aromatic carbocycles. The van der Waals surface area contributed by atoms with Crippen molar-refractivity contribution in [2.75, 3.05) is 40.4 Å². The molecule has 3 rings (SSSR count). The van der Waals surface area contributed by atoms with E-state index in [-0.39, 0.29) is 18.2 Å². The van der Waals surface area contributed by atoms with Gasteiger partial charge in [-0.3, -0.25) is 14.7 Å². The molecule has 1 aromatic heterocycles. The molecule has 1 saturated heterocycles. The van der Waals surface area contributed by atoms with Crippen molar-refractivity contribution in [2.24, 2.45) is 0 Å². The molecule has 0 atom stereocenters. The summed E-state index contributed by atoms with van der Waals surface area (Å²) in [6, 6.07) is 7.20. The predicted octanol–water partition coefficient (Wildman–Crippen LogP) is 1.26. The van der Waals surface area contributed by atoms with Crippen molar-refractivity contribution in [3.05, 3.63) is 41.2 Å². The summed E-state index contributed by atoms with van der Waals surface area (Å²) in [5.74, 6) is 1.17. The second-order valence-corrected chi connectivity index (χ2v) is 6.48. The molecule has 2 heterocycles. The summed E-state index contributed by atoms with van der Waals surface area (Å²) in [6.45, 7) is 3.89. The van der Waals surface area contributed by atoms with Crippen LogP contribution in [-0.4, -0.2) is 72.2 Å². The number of ether oxygens (including phenoxy) is 2. The predicted molar refractivity (Wildman–Crippen MR) is 99.1 cm³/mol. The fraction of sp³-hybridized carbons (Fsp3) is 0.421. The fourth-order valence-electron chi connectivity index (χ4n) is 3.13. The van der Waals surface area contributed by atoms with Crippen LogP contribution in [0.1, 0.15) is 21.7 Å². The third-order valence-corrected chi connectivity index (χ3v) is 4.65. The lowest BCUT2D eigenvalue weighted by Gasteiger charge is -2.34. The maximum atomic E-state index is 12.6. The first-order valence-electron chi connectivity index (χ1n) is 8.81. The Kier molecular flexibility index (Phi) is 5.63. The van der Waals surface area contributed by atoms with Crippen LogP contribution in [0.3, 0.4) is 0 Å². The highest BCUT2D eigenvalue weighted by atomic mass is 16.5. The van der Waals surface area contributed by atoms with Crippen molar-refractivity contribution in [3.63, 3.8) is 0 Å². The van der Waals surface area contributed by atoms with Crippen LogP contribution in [0.5, 0.6) is 11.5 Å². The minimum absolute atomic E-state index is 0.0323. The zero-order valence-electron chi connectivity index (χ0n) is 15.8. The molecule has 2 aromatic rings. The van der Waals surface area contributed by atoms with E-state index in [9.17, 15) is 9.59 Å². The van der Waals surface area contributed by atoms with E-state index >= 15 is 0 Å². The Morgan fingerprint density at radius 2 is 1.70 bits per heavy atom. The number of aromatic amines is 1. The summed E-state index contributed by atoms with van der Waals surface area (Å²) in [4.78, 5) is 28.6. The summed E-state index contributed by atoms with van der Waals surface area (Å²) in [5, 5.41) is 6.79. The lowest BCUT2D eigenvalue weighted by molar-refractivity contribution is -0.131. The van der Waals surface area contributed by atoms with Gasteiger partial charge in [-0.1, -0.05) is 6.07 Å². The molecule has 144 valence electrons. The molecule has 1 fully saturated rings. The van der Waals surface area contributed by atoms with Crippen LogP contribution in [0.2, 0.25) is 0 Å². The van der Waals surface area contributed by atoms with E-state index in [0.717, 1.165) is 11.3 Å². The van der Waals surface area contributed by atoms with E-state index in [1.54, 1.807) is 36.2 Å². The molecule has 0 saturated carbocycles. The summed E-state index contributed by atoms with van der Waals surface area (Å²) >= 11 is 0. The molecular formula is C19H24N4O4. The third kappa shape index (κ3) is 4.21. The first-order valence-corrected chi connectivity index (χ1v) is 8.81. The highest BCUT2D eigenvalue weighted by Gasteiger charge is 2.26. The number of rotatable bonds is 5. The van der Waals surface area contributed by atoms with Crippen molar-refractivity contribution in [1.29, 1.82) is 0 Å². The average molecular weight is 372 g/mol. The first kappa shape index (κ1) is 18.8. The molecule has 8 heteroatoms. The zero-order chi connectivity index (χ0) is 19.4. The zero-order valence-corrected chi connectivity index (χ0v) is 15.8. The maximum absolute atomic E-state index is 12.6. The largest absolute Gasteiger partial charge is 0.493 e. The summed E-state index contributed by atoms with van der Waals surface area (Å²) < 4.78 is 10.5. The van der Waals surface area contributed by atoms with Crippen LogP contribution in [0, 0.1) is 6.92 Å². The van der Waals surface area contributed by atoms with Crippen LogP contribution in [0.25, 0.3) is 0 Å². The van der Waals surface area contributed by atoms with Gasteiger partial charge in [0, 0.05) is 31.9 Å². The molecule has 1 aliphatic rings. The first-order chi connectivity index (χ1) is 13.0. The molecule has 0 bridgehead atoms. The number of benzene rings is 1. The Morgan fingerprint density at radius 3 is 2.30 bits per heavy atom. The second-order valence-electron chi connectivity index (χ2n) is 6.48. The van der Waals surface area contributed by atoms with E-state index in [4.69, 9.17) is 9.47 Å². The quantitative estimate of drug-likeness (QED) is 0.854. The number of nitrogens with one attached hydrogen (secondary N) is 1. The molecule has 1 aliphatic heterocycles. The fourth-order valence-corrected chi connectivity index (χ4v) is 3.13. The van der Waals surface area contributed by atoms with Crippen LogP contribution in [0.15, 0.2) is 24.3 Å². The third-order valence-electron chi connectivity index (χ3n) is 4.65. The van der Waals surface area contributed by atoms with Gasteiger partial charge in [0.05, 0.1) is 20.6 Å². The number of methoxy groups -OCH3 is 2. The highest BCUT2D eigenvalue weighted by Crippen LogP contribution is 2.27. The Balaban J connectivity index is 1.56. The Bertz CT molecular complexity index is 825. The van der Waals surface area contributed by atoms with Gasteiger partial charge in [-0.15, -0.1) is 0 Å². The molecule has 8 nitrogen and oxygen atoms in total. The molecule has 27 heavy (non-hydrogen) atoms. The number of H-pyrrole nitrogens is 1. The van der Waals surface area contributed by atoms with Gasteiger partial charge in [-0.05, 0) is 30.7 Å². The lowest BCUT2D eigenvalue weighted by Crippen LogP contribution is -2.51. The van der Waals surface area contributed by atoms with Crippen molar-refractivity contribution >= 4 is 11.8 Å². The summed E-state index contributed by atoms with van der Waals surface area (Å²) in [7, 11) is 3.15. The molecule has 0 unspecified atom stereocenters. The van der Waals surface area contributed by atoms with Gasteiger partial charge in [0.25, 0.3) is 5.91 Å². The number of aromatic nitrogens is 2. The standard InChI is InChI=1S/C19H24N4O4/c1-13-10-15(21-20-13)19(25)23-8-6-22(7-9-23)18(24)12-14-4-5-16(26-2)17(11-14)27-3/h4-5,10-11H,6-9,12H2,1-3H3,(H,20,21). The minimum atomic E-state index is -0.105. The molecule has 0 aliphatic carbocycles. The minimum Gasteiger partial charge on any atom is -0.493 e. The molecule has 2 amide bonds. The molecule has 0 radical (unpaired) electrons. The number of nitrogens with zero attached hydrogens (tertiary/aromatic N) is 3. The molecule has 1 N–H and O–H groups in total. The number of hydrogen-bond donors (Lipinski definition) is 1. The van der Waals surface area contributed by atoms with Gasteiger partial charge in [-0.2, -0.15) is 5.10 Å². The SMILES string of the molecule is COc1ccc(CC(=O)N2CCN(C(=O)c3cc(C)[nH]n3)CC2)cc1OC. The second kappa shape index (κ2) is 8.11. The monoisotopic (exact) mass is 372 g/mol. The average Bonchev–Trinajstić information content (AvgIpc) is 3.13. The van der Waals surface area contributed by atoms with Crippen LogP contribution in [0.4, 0.5) is 0 Å². The number of aryl methyl sites for hydroxylation is 1. The van der Waals surface area contributed by atoms with Crippen LogP contribution in [-0.2, 0) is 11.2 Å². The Morgan fingerprint density at radius 1 is 1.04 bits per heavy atom. The van der Waals surface area contributed by atoms with Crippen molar-refractivity contribution < 1.29 is 19.1 Å². The summed E-state index contributed by atoms with van der Waals surface area (Å²) in [6.07, 6.45) is 0.285. The van der Waals surface area contributed by atoms with E-state index in [0.29, 0.717) is 43.4 Å². The maximum Gasteiger partial charge on any atom is 0.274 e. The van der Waals surface area contributed by atoms with Crippen LogP contribution >= 0.6 is 0 Å². The highest BCUT2D eigenvalue weighted by molar-refractivity contribution is 5.92. The van der Waals surface area contributed by atoms with Crippen molar-refractivity contribution in [1.82, 2.24) is 20.0 Å². The van der Waals surface area contributed by atoms with E-state index in [2.05, 4.69) is 10.2 Å². The van der Waals surface area contributed by atoms with E-state index < -0.39 is 0 Å². The number of carbonyl (C=O) groups is 2. The van der Waals surface area contributed by atoms with E-state index in [1.165, 1.54) is 0 Å². The Hall–Kier alpha value is -3.03. The summed E-state index contributed by atoms with van der Waals surface area (Å²) in [5.41, 5.74) is 2.13. The van der Waals surface area contributed by atoms with E-state index in [1.807, 2.05) is 19.1 Å². The van der Waals surface area contributed by atoms with Gasteiger partial charge in [0.2, 0.25) is 5.91 Å². The van der Waals surface area contributed by atoms with Gasteiger partial charge < -0.3 is 19.3 Å². The smallest absolute Gasteiger partial charge is 0.274 e.